The van der Waals surface area contributed by atoms with Crippen molar-refractivity contribution in [3.05, 3.63) is 30.0 Å². The van der Waals surface area contributed by atoms with E-state index in [9.17, 15) is 9.59 Å². The lowest BCUT2D eigenvalue weighted by Gasteiger charge is -2.29. The van der Waals surface area contributed by atoms with Gasteiger partial charge in [-0.3, -0.25) is 0 Å². The summed E-state index contributed by atoms with van der Waals surface area (Å²) < 4.78 is 10.3. The Morgan fingerprint density at radius 2 is 2.00 bits per heavy atom. The zero-order valence-corrected chi connectivity index (χ0v) is 16.9. The number of benzene rings is 1. The normalized spacial score (nSPS) is 16.9. The molecule has 1 fully saturated rings. The second kappa shape index (κ2) is 7.61. The van der Waals surface area contributed by atoms with Crippen molar-refractivity contribution < 1.29 is 19.1 Å². The minimum atomic E-state index is -0.526. The number of hydrogen-bond donors (Lipinski definition) is 0. The maximum Gasteiger partial charge on any atom is 0.410 e. The number of anilines is 1. The average Bonchev–Trinajstić information content (AvgIpc) is 3.14. The summed E-state index contributed by atoms with van der Waals surface area (Å²) in [6.07, 6.45) is 2.11. The number of amides is 1. The van der Waals surface area contributed by atoms with Crippen LogP contribution in [0.5, 0.6) is 0 Å². The van der Waals surface area contributed by atoms with E-state index in [0.717, 1.165) is 24.0 Å². The van der Waals surface area contributed by atoms with Gasteiger partial charge >= 0.3 is 12.1 Å². The Labute approximate surface area is 164 Å². The third kappa shape index (κ3) is 4.00. The Morgan fingerprint density at radius 3 is 2.68 bits per heavy atom. The third-order valence-corrected chi connectivity index (χ3v) is 4.80. The summed E-state index contributed by atoms with van der Waals surface area (Å²) >= 11 is 0. The highest BCUT2D eigenvalue weighted by molar-refractivity contribution is 6.06. The molecule has 150 valence electrons. The number of rotatable bonds is 3. The number of ether oxygens (including phenoxy) is 2. The zero-order chi connectivity index (χ0) is 20.5. The molecule has 1 amide bonds. The van der Waals surface area contributed by atoms with Crippen molar-refractivity contribution >= 4 is 28.7 Å². The van der Waals surface area contributed by atoms with Crippen molar-refractivity contribution in [1.29, 1.82) is 0 Å². The molecule has 3 rings (SSSR count). The number of likely N-dealkylation sites (N-methyl/N-ethyl adjacent to an activating group) is 1. The summed E-state index contributed by atoms with van der Waals surface area (Å²) in [6, 6.07) is 5.49. The van der Waals surface area contributed by atoms with Gasteiger partial charge in [-0.2, -0.15) is 5.10 Å². The predicted molar refractivity (Wildman–Crippen MR) is 105 cm³/mol. The van der Waals surface area contributed by atoms with Crippen LogP contribution in [-0.2, 0) is 9.47 Å². The standard InChI is InChI=1S/C20H26N4O4/c1-20(2,3)28-19(26)23(4)13-9-11-24(12-13)16-7-6-15(18(25)27-5)17-14(16)8-10-21-22-17/h6-8,10,13H,9,11-12H2,1-5H3. The fourth-order valence-corrected chi connectivity index (χ4v) is 3.38. The van der Waals surface area contributed by atoms with Crippen LogP contribution >= 0.6 is 0 Å². The van der Waals surface area contributed by atoms with Crippen molar-refractivity contribution in [2.24, 2.45) is 0 Å². The van der Waals surface area contributed by atoms with E-state index in [1.165, 1.54) is 7.11 Å². The fraction of sp³-hybridized carbons (Fsp3) is 0.500. The van der Waals surface area contributed by atoms with Crippen LogP contribution in [0.15, 0.2) is 24.4 Å². The van der Waals surface area contributed by atoms with Crippen molar-refractivity contribution in [3.63, 3.8) is 0 Å². The SMILES string of the molecule is COC(=O)c1ccc(N2CCC(N(C)C(=O)OC(C)(C)C)C2)c2ccnnc12. The Morgan fingerprint density at radius 1 is 1.25 bits per heavy atom. The zero-order valence-electron chi connectivity index (χ0n) is 16.9. The number of carbonyl (C=O) groups excluding carboxylic acids is 2. The number of hydrogen-bond acceptors (Lipinski definition) is 7. The number of aromatic nitrogens is 2. The molecule has 2 heterocycles. The predicted octanol–water partition coefficient (Wildman–Crippen LogP) is 2.86. The molecule has 1 aromatic heterocycles. The van der Waals surface area contributed by atoms with Gasteiger partial charge in [0.2, 0.25) is 0 Å². The van der Waals surface area contributed by atoms with E-state index in [-0.39, 0.29) is 12.1 Å². The Balaban J connectivity index is 1.83. The lowest BCUT2D eigenvalue weighted by molar-refractivity contribution is 0.0237. The van der Waals surface area contributed by atoms with E-state index in [4.69, 9.17) is 9.47 Å². The van der Waals surface area contributed by atoms with Gasteiger partial charge in [0, 0.05) is 31.2 Å². The smallest absolute Gasteiger partial charge is 0.410 e. The van der Waals surface area contributed by atoms with Crippen molar-refractivity contribution in [1.82, 2.24) is 15.1 Å². The highest BCUT2D eigenvalue weighted by Gasteiger charge is 2.32. The molecule has 0 radical (unpaired) electrons. The van der Waals surface area contributed by atoms with Crippen LogP contribution in [0.3, 0.4) is 0 Å². The largest absolute Gasteiger partial charge is 0.465 e. The quantitative estimate of drug-likeness (QED) is 0.750. The summed E-state index contributed by atoms with van der Waals surface area (Å²) in [5.74, 6) is -0.444. The van der Waals surface area contributed by atoms with E-state index in [1.807, 2.05) is 32.9 Å². The average molecular weight is 386 g/mol. The molecule has 0 aliphatic carbocycles. The van der Waals surface area contributed by atoms with Crippen molar-refractivity contribution in [2.75, 3.05) is 32.1 Å². The summed E-state index contributed by atoms with van der Waals surface area (Å²) in [6.45, 7) is 7.03. The number of fused-ring (bicyclic) bond motifs is 1. The van der Waals surface area contributed by atoms with Gasteiger partial charge in [-0.25, -0.2) is 9.59 Å². The van der Waals surface area contributed by atoms with E-state index >= 15 is 0 Å². The van der Waals surface area contributed by atoms with Gasteiger partial charge < -0.3 is 19.3 Å². The Bertz CT molecular complexity index is 893. The number of nitrogens with zero attached hydrogens (tertiary/aromatic N) is 4. The van der Waals surface area contributed by atoms with Crippen LogP contribution in [0, 0.1) is 0 Å². The molecule has 1 aliphatic heterocycles. The van der Waals surface area contributed by atoms with Crippen molar-refractivity contribution in [3.8, 4) is 0 Å². The van der Waals surface area contributed by atoms with Gasteiger partial charge in [0.25, 0.3) is 0 Å². The van der Waals surface area contributed by atoms with Crippen LogP contribution < -0.4 is 4.90 Å². The van der Waals surface area contributed by atoms with Crippen LogP contribution in [0.25, 0.3) is 10.9 Å². The molecule has 1 unspecified atom stereocenters. The molecule has 0 saturated carbocycles. The summed E-state index contributed by atoms with van der Waals surface area (Å²) in [5, 5.41) is 8.89. The number of methoxy groups -OCH3 is 1. The van der Waals surface area contributed by atoms with Crippen molar-refractivity contribution in [2.45, 2.75) is 38.8 Å². The minimum absolute atomic E-state index is 0.0416. The highest BCUT2D eigenvalue weighted by Crippen LogP contribution is 2.31. The number of esters is 1. The van der Waals surface area contributed by atoms with E-state index in [2.05, 4.69) is 15.1 Å². The third-order valence-electron chi connectivity index (χ3n) is 4.80. The van der Waals surface area contributed by atoms with E-state index in [1.54, 1.807) is 24.2 Å². The molecule has 1 saturated heterocycles. The molecular weight excluding hydrogens is 360 g/mol. The van der Waals surface area contributed by atoms with Gasteiger partial charge in [-0.15, -0.1) is 5.10 Å². The Kier molecular flexibility index (Phi) is 5.40. The number of carbonyl (C=O) groups is 2. The summed E-state index contributed by atoms with van der Waals surface area (Å²) in [7, 11) is 3.11. The molecule has 8 heteroatoms. The molecule has 28 heavy (non-hydrogen) atoms. The molecule has 8 nitrogen and oxygen atoms in total. The molecular formula is C20H26N4O4. The van der Waals surface area contributed by atoms with Gasteiger partial charge in [0.1, 0.15) is 11.1 Å². The fourth-order valence-electron chi connectivity index (χ4n) is 3.38. The molecule has 0 spiro atoms. The second-order valence-corrected chi connectivity index (χ2v) is 7.90. The van der Waals surface area contributed by atoms with Gasteiger partial charge in [-0.1, -0.05) is 0 Å². The van der Waals surface area contributed by atoms with Crippen LogP contribution in [0.2, 0.25) is 0 Å². The molecule has 1 atom stereocenters. The monoisotopic (exact) mass is 386 g/mol. The summed E-state index contributed by atoms with van der Waals surface area (Å²) in [5.41, 5.74) is 1.33. The summed E-state index contributed by atoms with van der Waals surface area (Å²) in [4.78, 5) is 28.3. The molecule has 1 aromatic carbocycles. The van der Waals surface area contributed by atoms with Gasteiger partial charge in [-0.05, 0) is 45.4 Å². The maximum atomic E-state index is 12.4. The highest BCUT2D eigenvalue weighted by atomic mass is 16.6. The lowest BCUT2D eigenvalue weighted by Crippen LogP contribution is -2.42. The van der Waals surface area contributed by atoms with E-state index in [0.29, 0.717) is 17.6 Å². The lowest BCUT2D eigenvalue weighted by atomic mass is 10.1. The first-order valence-corrected chi connectivity index (χ1v) is 9.24. The molecule has 0 bridgehead atoms. The first-order chi connectivity index (χ1) is 13.2. The maximum absolute atomic E-state index is 12.4. The van der Waals surface area contributed by atoms with E-state index < -0.39 is 11.6 Å². The second-order valence-electron chi connectivity index (χ2n) is 7.90. The van der Waals surface area contributed by atoms with Crippen LogP contribution in [-0.4, -0.2) is 66.0 Å². The van der Waals surface area contributed by atoms with Crippen LogP contribution in [0.1, 0.15) is 37.6 Å². The van der Waals surface area contributed by atoms with Gasteiger partial charge in [0.15, 0.2) is 0 Å². The van der Waals surface area contributed by atoms with Gasteiger partial charge in [0.05, 0.1) is 24.9 Å². The van der Waals surface area contributed by atoms with Crippen LogP contribution in [0.4, 0.5) is 10.5 Å². The molecule has 2 aromatic rings. The Hall–Kier alpha value is -2.90. The first kappa shape index (κ1) is 19.9. The molecule has 0 N–H and O–H groups in total. The minimum Gasteiger partial charge on any atom is -0.465 e. The topological polar surface area (TPSA) is 84.9 Å². The molecule has 1 aliphatic rings. The first-order valence-electron chi connectivity index (χ1n) is 9.24.